The van der Waals surface area contributed by atoms with E-state index in [2.05, 4.69) is 4.98 Å². The molecule has 0 saturated carbocycles. The van der Waals surface area contributed by atoms with E-state index in [-0.39, 0.29) is 11.4 Å². The van der Waals surface area contributed by atoms with Crippen molar-refractivity contribution in [2.45, 2.75) is 12.8 Å². The summed E-state index contributed by atoms with van der Waals surface area (Å²) in [4.78, 5) is 30.3. The second-order valence-electron chi connectivity index (χ2n) is 6.43. The summed E-state index contributed by atoms with van der Waals surface area (Å²) in [5.41, 5.74) is 1.86. The van der Waals surface area contributed by atoms with Crippen LogP contribution >= 0.6 is 0 Å². The number of hydrogen-bond donors (Lipinski definition) is 0. The fourth-order valence-electron chi connectivity index (χ4n) is 3.31. The number of nitrogens with zero attached hydrogens (tertiary/aromatic N) is 4. The van der Waals surface area contributed by atoms with Gasteiger partial charge in [-0.2, -0.15) is 0 Å². The Morgan fingerprint density at radius 2 is 1.61 bits per heavy atom. The average Bonchev–Trinajstić information content (AvgIpc) is 2.72. The van der Waals surface area contributed by atoms with E-state index in [9.17, 15) is 20.2 Å². The minimum atomic E-state index is -0.645. The van der Waals surface area contributed by atoms with E-state index in [0.717, 1.165) is 22.4 Å². The number of non-ortho nitro benzene ring substituents is 1. The molecule has 8 nitrogen and oxygen atoms in total. The zero-order valence-electron chi connectivity index (χ0n) is 14.8. The number of hydrogen-bond acceptors (Lipinski definition) is 6. The van der Waals surface area contributed by atoms with Gasteiger partial charge in [-0.1, -0.05) is 31.2 Å². The van der Waals surface area contributed by atoms with E-state index in [1.54, 1.807) is 13.1 Å². The molecule has 0 fully saturated rings. The largest absolute Gasteiger partial charge is 0.280 e. The van der Waals surface area contributed by atoms with Gasteiger partial charge >= 0.3 is 0 Å². The molecule has 0 radical (unpaired) electrons. The first-order chi connectivity index (χ1) is 13.5. The molecule has 0 aliphatic carbocycles. The summed E-state index contributed by atoms with van der Waals surface area (Å²) in [6.45, 7) is 1.79. The minimum absolute atomic E-state index is 0.292. The van der Waals surface area contributed by atoms with Crippen molar-refractivity contribution >= 4 is 33.2 Å². The van der Waals surface area contributed by atoms with Crippen LogP contribution in [0.4, 0.5) is 11.4 Å². The van der Waals surface area contributed by atoms with Gasteiger partial charge in [0.2, 0.25) is 0 Å². The van der Waals surface area contributed by atoms with Crippen molar-refractivity contribution in [2.75, 3.05) is 0 Å². The van der Waals surface area contributed by atoms with Gasteiger partial charge in [0, 0.05) is 40.2 Å². The van der Waals surface area contributed by atoms with E-state index >= 15 is 0 Å². The summed E-state index contributed by atoms with van der Waals surface area (Å²) in [6.07, 6.45) is 1.70. The molecular formula is C20H14N4O4. The molecule has 0 N–H and O–H groups in total. The number of rotatable bonds is 4. The first-order valence-electron chi connectivity index (χ1n) is 8.53. The maximum Gasteiger partial charge on any atom is 0.280 e. The molecule has 0 aliphatic rings. The molecule has 8 heteroatoms. The highest BCUT2D eigenvalue weighted by Gasteiger charge is 2.24. The molecule has 1 unspecified atom stereocenters. The van der Waals surface area contributed by atoms with Gasteiger partial charge in [0.1, 0.15) is 0 Å². The molecule has 4 rings (SSSR count). The highest BCUT2D eigenvalue weighted by atomic mass is 16.6. The summed E-state index contributed by atoms with van der Waals surface area (Å²) >= 11 is 0. The van der Waals surface area contributed by atoms with Crippen LogP contribution in [-0.2, 0) is 0 Å². The second kappa shape index (κ2) is 6.66. The first-order valence-corrected chi connectivity index (χ1v) is 8.53. The van der Waals surface area contributed by atoms with Crippen molar-refractivity contribution in [1.29, 1.82) is 0 Å². The molecule has 0 aliphatic heterocycles. The Kier molecular flexibility index (Phi) is 4.15. The molecule has 0 amide bonds. The quantitative estimate of drug-likeness (QED) is 0.289. The highest BCUT2D eigenvalue weighted by molar-refractivity contribution is 6.02. The van der Waals surface area contributed by atoms with E-state index in [0.29, 0.717) is 16.8 Å². The lowest BCUT2D eigenvalue weighted by Gasteiger charge is -2.13. The molecule has 138 valence electrons. The summed E-state index contributed by atoms with van der Waals surface area (Å²) in [5, 5.41) is 24.3. The number of aromatic nitrogens is 2. The van der Waals surface area contributed by atoms with Crippen LogP contribution in [0, 0.1) is 20.2 Å². The van der Waals surface area contributed by atoms with Crippen molar-refractivity contribution in [3.05, 3.63) is 92.3 Å². The van der Waals surface area contributed by atoms with Gasteiger partial charge < -0.3 is 0 Å². The van der Waals surface area contributed by atoms with Gasteiger partial charge in [-0.3, -0.25) is 25.2 Å². The maximum atomic E-state index is 11.5. The first kappa shape index (κ1) is 17.5. The molecule has 0 bridgehead atoms. The van der Waals surface area contributed by atoms with E-state index < -0.39 is 15.8 Å². The maximum absolute atomic E-state index is 11.5. The fourth-order valence-corrected chi connectivity index (χ4v) is 3.31. The third kappa shape index (κ3) is 2.90. The number of pyridine rings is 2. The van der Waals surface area contributed by atoms with Gasteiger partial charge in [-0.15, -0.1) is 0 Å². The Hall–Kier alpha value is -3.94. The fraction of sp³-hybridized carbons (Fsp3) is 0.100. The standard InChI is InChI=1S/C20H14N4O4/c1-12(16-8-7-15(23(25)26)11-18(16)24(27)28)17-9-6-14-5-4-13-3-2-10-21-19(13)20(14)22-17/h2-12H,1H3. The molecule has 0 saturated heterocycles. The third-order valence-corrected chi connectivity index (χ3v) is 4.79. The van der Waals surface area contributed by atoms with Gasteiger partial charge in [0.05, 0.1) is 26.9 Å². The Bertz CT molecular complexity index is 1260. The number of fused-ring (bicyclic) bond motifs is 3. The third-order valence-electron chi connectivity index (χ3n) is 4.79. The van der Waals surface area contributed by atoms with E-state index in [1.165, 1.54) is 12.1 Å². The summed E-state index contributed by atoms with van der Waals surface area (Å²) in [7, 11) is 0. The predicted molar refractivity (Wildman–Crippen MR) is 104 cm³/mol. The predicted octanol–water partition coefficient (Wildman–Crippen LogP) is 4.75. The molecule has 0 spiro atoms. The van der Waals surface area contributed by atoms with Crippen LogP contribution in [0.1, 0.15) is 24.1 Å². The Morgan fingerprint density at radius 3 is 2.32 bits per heavy atom. The Labute approximate surface area is 158 Å². The lowest BCUT2D eigenvalue weighted by molar-refractivity contribution is -0.394. The van der Waals surface area contributed by atoms with Crippen molar-refractivity contribution < 1.29 is 9.85 Å². The van der Waals surface area contributed by atoms with Gasteiger partial charge in [-0.25, -0.2) is 4.98 Å². The van der Waals surface area contributed by atoms with Crippen molar-refractivity contribution in [1.82, 2.24) is 9.97 Å². The SMILES string of the molecule is CC(c1ccc2ccc3cccnc3c2n1)c1ccc([N+](=O)[O-])cc1[N+](=O)[O-]. The summed E-state index contributed by atoms with van der Waals surface area (Å²) in [5.74, 6) is -0.426. The van der Waals surface area contributed by atoms with Crippen molar-refractivity contribution in [2.24, 2.45) is 0 Å². The smallest absolute Gasteiger partial charge is 0.258 e. The highest BCUT2D eigenvalue weighted by Crippen LogP contribution is 2.34. The van der Waals surface area contributed by atoms with Gasteiger partial charge in [-0.05, 0) is 18.2 Å². The summed E-state index contributed by atoms with van der Waals surface area (Å²) < 4.78 is 0. The summed E-state index contributed by atoms with van der Waals surface area (Å²) in [6, 6.07) is 15.1. The Balaban J connectivity index is 1.87. The molecule has 28 heavy (non-hydrogen) atoms. The second-order valence-corrected chi connectivity index (χ2v) is 6.43. The van der Waals surface area contributed by atoms with Crippen LogP contribution < -0.4 is 0 Å². The van der Waals surface area contributed by atoms with E-state index in [4.69, 9.17) is 4.98 Å². The van der Waals surface area contributed by atoms with Crippen LogP contribution in [-0.4, -0.2) is 19.8 Å². The lowest BCUT2D eigenvalue weighted by atomic mass is 9.94. The molecule has 2 heterocycles. The monoisotopic (exact) mass is 374 g/mol. The molecule has 2 aromatic carbocycles. The van der Waals surface area contributed by atoms with Crippen molar-refractivity contribution in [3.8, 4) is 0 Å². The van der Waals surface area contributed by atoms with Gasteiger partial charge in [0.15, 0.2) is 0 Å². The topological polar surface area (TPSA) is 112 Å². The Morgan fingerprint density at radius 1 is 0.893 bits per heavy atom. The van der Waals surface area contributed by atoms with Crippen LogP contribution in [0.3, 0.4) is 0 Å². The van der Waals surface area contributed by atoms with Crippen LogP contribution in [0.5, 0.6) is 0 Å². The molecular weight excluding hydrogens is 360 g/mol. The number of nitro groups is 2. The normalized spacial score (nSPS) is 12.2. The number of nitro benzene ring substituents is 2. The van der Waals surface area contributed by atoms with E-state index in [1.807, 2.05) is 36.4 Å². The molecule has 4 aromatic rings. The molecule has 1 atom stereocenters. The van der Waals surface area contributed by atoms with Gasteiger partial charge in [0.25, 0.3) is 11.4 Å². The zero-order chi connectivity index (χ0) is 19.8. The average molecular weight is 374 g/mol. The van der Waals surface area contributed by atoms with Crippen molar-refractivity contribution in [3.63, 3.8) is 0 Å². The number of benzene rings is 2. The lowest BCUT2D eigenvalue weighted by Crippen LogP contribution is -2.04. The van der Waals surface area contributed by atoms with Crippen LogP contribution in [0.25, 0.3) is 21.8 Å². The van der Waals surface area contributed by atoms with Crippen LogP contribution in [0.15, 0.2) is 60.8 Å². The molecule has 2 aromatic heterocycles. The van der Waals surface area contributed by atoms with Crippen LogP contribution in [0.2, 0.25) is 0 Å². The minimum Gasteiger partial charge on any atom is -0.258 e. The zero-order valence-corrected chi connectivity index (χ0v) is 14.8.